The maximum absolute atomic E-state index is 12.3. The molecule has 20 heavy (non-hydrogen) atoms. The molecule has 0 amide bonds. The maximum Gasteiger partial charge on any atom is 0.389 e. The van der Waals surface area contributed by atoms with Crippen molar-refractivity contribution in [3.05, 3.63) is 0 Å². The van der Waals surface area contributed by atoms with Crippen LogP contribution in [-0.2, 0) is 0 Å². The van der Waals surface area contributed by atoms with E-state index in [4.69, 9.17) is 0 Å². The van der Waals surface area contributed by atoms with Gasteiger partial charge in [0.2, 0.25) is 0 Å². The van der Waals surface area contributed by atoms with Crippen LogP contribution in [0.2, 0.25) is 0 Å². The van der Waals surface area contributed by atoms with Gasteiger partial charge in [-0.05, 0) is 45.2 Å². The summed E-state index contributed by atoms with van der Waals surface area (Å²) in [5.41, 5.74) is 0. The number of hydrogen-bond donors (Lipinski definition) is 1. The number of hydrogen-bond acceptors (Lipinski definition) is 2. The van der Waals surface area contributed by atoms with Gasteiger partial charge in [0.05, 0.1) is 6.10 Å². The number of rotatable bonds is 4. The summed E-state index contributed by atoms with van der Waals surface area (Å²) in [5.74, 6) is 0.273. The Morgan fingerprint density at radius 3 is 2.40 bits per heavy atom. The zero-order chi connectivity index (χ0) is 14.6. The van der Waals surface area contributed by atoms with E-state index in [9.17, 15) is 18.3 Å². The highest BCUT2D eigenvalue weighted by Gasteiger charge is 2.35. The average molecular weight is 293 g/mol. The van der Waals surface area contributed by atoms with E-state index in [0.29, 0.717) is 12.6 Å². The molecule has 0 aromatic rings. The summed E-state index contributed by atoms with van der Waals surface area (Å²) in [5, 5.41) is 10.2. The fourth-order valence-electron chi connectivity index (χ4n) is 3.85. The highest BCUT2D eigenvalue weighted by atomic mass is 19.4. The van der Waals surface area contributed by atoms with E-state index in [0.717, 1.165) is 51.5 Å². The van der Waals surface area contributed by atoms with Gasteiger partial charge in [0, 0.05) is 18.4 Å². The molecule has 3 unspecified atom stereocenters. The van der Waals surface area contributed by atoms with Crippen molar-refractivity contribution in [2.75, 3.05) is 13.1 Å². The quantitative estimate of drug-likeness (QED) is 0.853. The molecule has 1 heterocycles. The van der Waals surface area contributed by atoms with Gasteiger partial charge in [-0.15, -0.1) is 0 Å². The molecule has 2 nitrogen and oxygen atoms in total. The van der Waals surface area contributed by atoms with Gasteiger partial charge < -0.3 is 10.0 Å². The molecule has 1 N–H and O–H groups in total. The minimum atomic E-state index is -4.05. The van der Waals surface area contributed by atoms with Gasteiger partial charge in [-0.25, -0.2) is 0 Å². The minimum Gasteiger partial charge on any atom is -0.393 e. The summed E-state index contributed by atoms with van der Waals surface area (Å²) in [7, 11) is 0. The first-order valence-electron chi connectivity index (χ1n) is 7.96. The van der Waals surface area contributed by atoms with Crippen molar-refractivity contribution in [3.8, 4) is 0 Å². The van der Waals surface area contributed by atoms with E-state index in [1.807, 2.05) is 0 Å². The van der Waals surface area contributed by atoms with Crippen molar-refractivity contribution in [1.29, 1.82) is 0 Å². The summed E-state index contributed by atoms with van der Waals surface area (Å²) in [6.07, 6.45) is 2.56. The lowest BCUT2D eigenvalue weighted by Crippen LogP contribution is -2.49. The second-order valence-electron chi connectivity index (χ2n) is 6.33. The third kappa shape index (κ3) is 4.62. The van der Waals surface area contributed by atoms with E-state index in [-0.39, 0.29) is 18.4 Å². The fraction of sp³-hybridized carbons (Fsp3) is 1.00. The molecule has 0 bridgehead atoms. The molecular weight excluding hydrogens is 267 g/mol. The number of nitrogens with zero attached hydrogens (tertiary/aromatic N) is 1. The Kier molecular flexibility index (Phi) is 5.73. The average Bonchev–Trinajstić information content (AvgIpc) is 2.39. The van der Waals surface area contributed by atoms with Crippen LogP contribution in [0.4, 0.5) is 13.2 Å². The van der Waals surface area contributed by atoms with E-state index < -0.39 is 12.6 Å². The first-order valence-corrected chi connectivity index (χ1v) is 7.96. The van der Waals surface area contributed by atoms with Crippen LogP contribution < -0.4 is 0 Å². The van der Waals surface area contributed by atoms with Crippen LogP contribution >= 0.6 is 0 Å². The fourth-order valence-corrected chi connectivity index (χ4v) is 3.85. The Labute approximate surface area is 119 Å². The molecule has 0 spiro atoms. The van der Waals surface area contributed by atoms with Crippen molar-refractivity contribution < 1.29 is 18.3 Å². The van der Waals surface area contributed by atoms with Crippen LogP contribution in [-0.4, -0.2) is 41.4 Å². The van der Waals surface area contributed by atoms with Gasteiger partial charge >= 0.3 is 6.18 Å². The third-order valence-electron chi connectivity index (χ3n) is 4.85. The summed E-state index contributed by atoms with van der Waals surface area (Å²) in [4.78, 5) is 2.22. The Morgan fingerprint density at radius 2 is 1.70 bits per heavy atom. The zero-order valence-corrected chi connectivity index (χ0v) is 12.0. The van der Waals surface area contributed by atoms with Crippen molar-refractivity contribution in [3.63, 3.8) is 0 Å². The van der Waals surface area contributed by atoms with Crippen LogP contribution in [0.1, 0.15) is 57.8 Å². The second kappa shape index (κ2) is 7.12. The summed E-state index contributed by atoms with van der Waals surface area (Å²) in [6.45, 7) is 1.42. The minimum absolute atomic E-state index is 0.183. The lowest BCUT2D eigenvalue weighted by Gasteiger charge is -2.43. The zero-order valence-electron chi connectivity index (χ0n) is 12.0. The summed E-state index contributed by atoms with van der Waals surface area (Å²) < 4.78 is 36.8. The summed E-state index contributed by atoms with van der Waals surface area (Å²) >= 11 is 0. The molecule has 0 aromatic carbocycles. The van der Waals surface area contributed by atoms with Gasteiger partial charge in [0.25, 0.3) is 0 Å². The van der Waals surface area contributed by atoms with Crippen LogP contribution in [0.5, 0.6) is 0 Å². The van der Waals surface area contributed by atoms with Crippen LogP contribution in [0.15, 0.2) is 0 Å². The predicted molar refractivity (Wildman–Crippen MR) is 72.5 cm³/mol. The Hall–Kier alpha value is -0.290. The molecule has 2 aliphatic rings. The normalized spacial score (nSPS) is 33.3. The monoisotopic (exact) mass is 293 g/mol. The lowest BCUT2D eigenvalue weighted by atomic mass is 9.78. The second-order valence-corrected chi connectivity index (χ2v) is 6.33. The standard InChI is InChI=1S/C15H26F3NO/c16-15(17,18)9-5-11-19-10-4-3-7-13(19)12-6-1-2-8-14(12)20/h12-14,20H,1-11H2. The van der Waals surface area contributed by atoms with Gasteiger partial charge in [0.15, 0.2) is 0 Å². The molecule has 1 saturated heterocycles. The Balaban J connectivity index is 1.87. The number of halogens is 3. The van der Waals surface area contributed by atoms with E-state index in [1.54, 1.807) is 0 Å². The molecule has 118 valence electrons. The first-order chi connectivity index (χ1) is 9.47. The van der Waals surface area contributed by atoms with E-state index >= 15 is 0 Å². The summed E-state index contributed by atoms with van der Waals surface area (Å²) in [6, 6.07) is 0.298. The molecule has 1 aliphatic carbocycles. The van der Waals surface area contributed by atoms with Gasteiger partial charge in [0.1, 0.15) is 0 Å². The predicted octanol–water partition coefficient (Wildman–Crippen LogP) is 3.73. The van der Waals surface area contributed by atoms with Gasteiger partial charge in [-0.2, -0.15) is 13.2 Å². The number of aliphatic hydroxyl groups excluding tert-OH is 1. The van der Waals surface area contributed by atoms with E-state index in [1.165, 1.54) is 0 Å². The lowest BCUT2D eigenvalue weighted by molar-refractivity contribution is -0.137. The van der Waals surface area contributed by atoms with Gasteiger partial charge in [-0.3, -0.25) is 0 Å². The first kappa shape index (κ1) is 16.1. The molecule has 0 radical (unpaired) electrons. The molecule has 3 atom stereocenters. The van der Waals surface area contributed by atoms with E-state index in [2.05, 4.69) is 4.90 Å². The molecule has 2 rings (SSSR count). The van der Waals surface area contributed by atoms with Crippen LogP contribution in [0, 0.1) is 5.92 Å². The number of likely N-dealkylation sites (tertiary alicyclic amines) is 1. The molecule has 5 heteroatoms. The topological polar surface area (TPSA) is 23.5 Å². The van der Waals surface area contributed by atoms with Crippen molar-refractivity contribution >= 4 is 0 Å². The number of alkyl halides is 3. The highest BCUT2D eigenvalue weighted by Crippen LogP contribution is 2.34. The van der Waals surface area contributed by atoms with Crippen molar-refractivity contribution in [1.82, 2.24) is 4.90 Å². The third-order valence-corrected chi connectivity index (χ3v) is 4.85. The van der Waals surface area contributed by atoms with Crippen LogP contribution in [0.3, 0.4) is 0 Å². The SMILES string of the molecule is OC1CCCCC1C1CCCCN1CCCC(F)(F)F. The molecule has 1 saturated carbocycles. The molecule has 2 fully saturated rings. The Bertz CT molecular complexity index is 295. The van der Waals surface area contributed by atoms with Crippen molar-refractivity contribution in [2.24, 2.45) is 5.92 Å². The molecule has 1 aliphatic heterocycles. The largest absolute Gasteiger partial charge is 0.393 e. The maximum atomic E-state index is 12.3. The Morgan fingerprint density at radius 1 is 1.00 bits per heavy atom. The number of piperidine rings is 1. The van der Waals surface area contributed by atoms with Gasteiger partial charge in [-0.1, -0.05) is 19.3 Å². The molecule has 0 aromatic heterocycles. The number of aliphatic hydroxyl groups is 1. The van der Waals surface area contributed by atoms with Crippen LogP contribution in [0.25, 0.3) is 0 Å². The smallest absolute Gasteiger partial charge is 0.389 e. The van der Waals surface area contributed by atoms with Crippen molar-refractivity contribution in [2.45, 2.75) is 76.1 Å². The highest BCUT2D eigenvalue weighted by molar-refractivity contribution is 4.89. The molecular formula is C15H26F3NO.